The molecule has 118 valence electrons. The molecule has 1 aromatic heterocycles. The zero-order valence-electron chi connectivity index (χ0n) is 13.1. The zero-order valence-corrected chi connectivity index (χ0v) is 14.7. The number of fused-ring (bicyclic) bond motifs is 1. The van der Waals surface area contributed by atoms with Crippen LogP contribution in [0, 0.1) is 0 Å². The third-order valence-electron chi connectivity index (χ3n) is 4.10. The van der Waals surface area contributed by atoms with E-state index in [9.17, 15) is 4.79 Å². The van der Waals surface area contributed by atoms with E-state index in [1.54, 1.807) is 4.90 Å². The highest BCUT2D eigenvalue weighted by Gasteiger charge is 2.20. The first-order valence-electron chi connectivity index (χ1n) is 7.53. The fraction of sp³-hybridized carbons (Fsp3) is 0.211. The quantitative estimate of drug-likeness (QED) is 0.649. The maximum absolute atomic E-state index is 12.5. The second kappa shape index (κ2) is 6.59. The van der Waals surface area contributed by atoms with E-state index in [0.717, 1.165) is 26.8 Å². The smallest absolute Gasteiger partial charge is 0.227 e. The standard InChI is InChI=1S/C19H18BrNO2/c1-13(18-12-15-5-3-4-6-17(15)23-18)21(2)19(22)11-14-7-9-16(20)10-8-14/h3-10,12-13H,11H2,1-2H3. The van der Waals surface area contributed by atoms with Crippen molar-refractivity contribution in [3.8, 4) is 0 Å². The molecule has 0 saturated heterocycles. The first kappa shape index (κ1) is 15.8. The summed E-state index contributed by atoms with van der Waals surface area (Å²) in [5, 5.41) is 1.06. The van der Waals surface area contributed by atoms with Crippen LogP contribution in [0.2, 0.25) is 0 Å². The maximum Gasteiger partial charge on any atom is 0.227 e. The molecule has 3 aromatic rings. The topological polar surface area (TPSA) is 33.5 Å². The number of halogens is 1. The van der Waals surface area contributed by atoms with Crippen LogP contribution in [0.25, 0.3) is 11.0 Å². The van der Waals surface area contributed by atoms with Gasteiger partial charge in [0.25, 0.3) is 0 Å². The summed E-state index contributed by atoms with van der Waals surface area (Å²) >= 11 is 3.40. The molecule has 3 rings (SSSR count). The van der Waals surface area contributed by atoms with Gasteiger partial charge in [-0.15, -0.1) is 0 Å². The Hall–Kier alpha value is -2.07. The maximum atomic E-state index is 12.5. The fourth-order valence-corrected chi connectivity index (χ4v) is 2.78. The van der Waals surface area contributed by atoms with Crippen LogP contribution >= 0.6 is 15.9 Å². The van der Waals surface area contributed by atoms with Gasteiger partial charge in [-0.05, 0) is 36.8 Å². The molecule has 2 aromatic carbocycles. The van der Waals surface area contributed by atoms with Crippen LogP contribution in [0.15, 0.2) is 63.5 Å². The molecule has 0 aliphatic heterocycles. The lowest BCUT2D eigenvalue weighted by atomic mass is 10.1. The summed E-state index contributed by atoms with van der Waals surface area (Å²) in [6.45, 7) is 1.98. The van der Waals surface area contributed by atoms with E-state index in [1.165, 1.54) is 0 Å². The number of benzene rings is 2. The Morgan fingerprint density at radius 3 is 2.57 bits per heavy atom. The summed E-state index contributed by atoms with van der Waals surface area (Å²) in [5.41, 5.74) is 1.85. The number of carbonyl (C=O) groups excluding carboxylic acids is 1. The summed E-state index contributed by atoms with van der Waals surface area (Å²) in [7, 11) is 1.82. The van der Waals surface area contributed by atoms with Crippen LogP contribution in [0.4, 0.5) is 0 Å². The second-order valence-electron chi connectivity index (χ2n) is 5.67. The molecule has 1 atom stereocenters. The highest BCUT2D eigenvalue weighted by molar-refractivity contribution is 9.10. The average molecular weight is 372 g/mol. The van der Waals surface area contributed by atoms with Crippen molar-refractivity contribution in [3.05, 3.63) is 70.4 Å². The van der Waals surface area contributed by atoms with Crippen molar-refractivity contribution in [1.82, 2.24) is 4.90 Å². The van der Waals surface area contributed by atoms with Crippen LogP contribution in [0.5, 0.6) is 0 Å². The molecule has 0 aliphatic carbocycles. The van der Waals surface area contributed by atoms with Crippen LogP contribution in [-0.4, -0.2) is 17.9 Å². The number of nitrogens with zero attached hydrogens (tertiary/aromatic N) is 1. The highest BCUT2D eigenvalue weighted by Crippen LogP contribution is 2.27. The molecule has 0 saturated carbocycles. The molecule has 3 nitrogen and oxygen atoms in total. The normalized spacial score (nSPS) is 12.3. The van der Waals surface area contributed by atoms with Crippen molar-refractivity contribution in [3.63, 3.8) is 0 Å². The minimum absolute atomic E-state index is 0.0697. The Morgan fingerprint density at radius 1 is 1.17 bits per heavy atom. The van der Waals surface area contributed by atoms with Crippen LogP contribution < -0.4 is 0 Å². The van der Waals surface area contributed by atoms with E-state index in [1.807, 2.05) is 68.6 Å². The van der Waals surface area contributed by atoms with Crippen molar-refractivity contribution in [2.24, 2.45) is 0 Å². The predicted molar refractivity (Wildman–Crippen MR) is 95.2 cm³/mol. The molecular formula is C19H18BrNO2. The van der Waals surface area contributed by atoms with E-state index in [-0.39, 0.29) is 11.9 Å². The number of amides is 1. The largest absolute Gasteiger partial charge is 0.459 e. The minimum atomic E-state index is -0.106. The zero-order chi connectivity index (χ0) is 16.4. The second-order valence-corrected chi connectivity index (χ2v) is 6.59. The summed E-state index contributed by atoms with van der Waals surface area (Å²) in [5.74, 6) is 0.873. The van der Waals surface area contributed by atoms with Crippen molar-refractivity contribution in [1.29, 1.82) is 0 Å². The average Bonchev–Trinajstić information content (AvgIpc) is 2.99. The monoisotopic (exact) mass is 371 g/mol. The number of furan rings is 1. The summed E-state index contributed by atoms with van der Waals surface area (Å²) in [6.07, 6.45) is 0.383. The van der Waals surface area contributed by atoms with E-state index in [2.05, 4.69) is 15.9 Å². The molecule has 0 radical (unpaired) electrons. The lowest BCUT2D eigenvalue weighted by Gasteiger charge is -2.23. The van der Waals surface area contributed by atoms with Crippen LogP contribution in [-0.2, 0) is 11.2 Å². The molecule has 0 spiro atoms. The van der Waals surface area contributed by atoms with E-state index in [0.29, 0.717) is 6.42 Å². The Kier molecular flexibility index (Phi) is 4.53. The van der Waals surface area contributed by atoms with Gasteiger partial charge in [-0.25, -0.2) is 0 Å². The van der Waals surface area contributed by atoms with Crippen LogP contribution in [0.3, 0.4) is 0 Å². The Morgan fingerprint density at radius 2 is 1.87 bits per heavy atom. The molecule has 0 aliphatic rings. The summed E-state index contributed by atoms with van der Waals surface area (Å²) in [4.78, 5) is 14.2. The van der Waals surface area contributed by atoms with Gasteiger partial charge >= 0.3 is 0 Å². The molecular weight excluding hydrogens is 354 g/mol. The fourth-order valence-electron chi connectivity index (χ4n) is 2.52. The molecule has 0 bridgehead atoms. The first-order valence-corrected chi connectivity index (χ1v) is 8.32. The Labute approximate surface area is 144 Å². The van der Waals surface area contributed by atoms with Gasteiger partial charge in [-0.2, -0.15) is 0 Å². The number of likely N-dealkylation sites (N-methyl/N-ethyl adjacent to an activating group) is 1. The highest BCUT2D eigenvalue weighted by atomic mass is 79.9. The molecule has 4 heteroatoms. The lowest BCUT2D eigenvalue weighted by Crippen LogP contribution is -2.30. The third-order valence-corrected chi connectivity index (χ3v) is 4.63. The first-order chi connectivity index (χ1) is 11.0. The summed E-state index contributed by atoms with van der Waals surface area (Å²) < 4.78 is 6.88. The van der Waals surface area contributed by atoms with Gasteiger partial charge in [-0.1, -0.05) is 46.3 Å². The number of hydrogen-bond acceptors (Lipinski definition) is 2. The van der Waals surface area contributed by atoms with Gasteiger partial charge in [0.1, 0.15) is 11.3 Å². The Balaban J connectivity index is 1.74. The lowest BCUT2D eigenvalue weighted by molar-refractivity contribution is -0.131. The van der Waals surface area contributed by atoms with Crippen molar-refractivity contribution in [2.45, 2.75) is 19.4 Å². The van der Waals surface area contributed by atoms with Crippen LogP contribution in [0.1, 0.15) is 24.3 Å². The molecule has 0 N–H and O–H groups in total. The number of carbonyl (C=O) groups is 1. The van der Waals surface area contributed by atoms with Gasteiger partial charge in [0.15, 0.2) is 0 Å². The third kappa shape index (κ3) is 3.48. The van der Waals surface area contributed by atoms with Gasteiger partial charge < -0.3 is 9.32 Å². The number of para-hydroxylation sites is 1. The van der Waals surface area contributed by atoms with E-state index < -0.39 is 0 Å². The van der Waals surface area contributed by atoms with E-state index in [4.69, 9.17) is 4.42 Å². The minimum Gasteiger partial charge on any atom is -0.459 e. The summed E-state index contributed by atoms with van der Waals surface area (Å²) in [6, 6.07) is 17.6. The number of hydrogen-bond donors (Lipinski definition) is 0. The van der Waals surface area contributed by atoms with Crippen molar-refractivity contribution < 1.29 is 9.21 Å². The predicted octanol–water partition coefficient (Wildman–Crippen LogP) is 4.96. The van der Waals surface area contributed by atoms with Gasteiger partial charge in [0.05, 0.1) is 12.5 Å². The van der Waals surface area contributed by atoms with E-state index >= 15 is 0 Å². The molecule has 1 amide bonds. The molecule has 23 heavy (non-hydrogen) atoms. The molecule has 1 heterocycles. The molecule has 0 fully saturated rings. The van der Waals surface area contributed by atoms with Crippen molar-refractivity contribution >= 4 is 32.8 Å². The SMILES string of the molecule is CC(c1cc2ccccc2o1)N(C)C(=O)Cc1ccc(Br)cc1. The van der Waals surface area contributed by atoms with Gasteiger partial charge in [0.2, 0.25) is 5.91 Å². The number of rotatable bonds is 4. The van der Waals surface area contributed by atoms with Gasteiger partial charge in [0, 0.05) is 16.9 Å². The van der Waals surface area contributed by atoms with Crippen molar-refractivity contribution in [2.75, 3.05) is 7.05 Å². The van der Waals surface area contributed by atoms with Gasteiger partial charge in [-0.3, -0.25) is 4.79 Å². The molecule has 1 unspecified atom stereocenters. The Bertz CT molecular complexity index is 790.